The van der Waals surface area contributed by atoms with Crippen LogP contribution in [0.25, 0.3) is 0 Å². The predicted molar refractivity (Wildman–Crippen MR) is 138 cm³/mol. The summed E-state index contributed by atoms with van der Waals surface area (Å²) in [5.74, 6) is 0.277. The summed E-state index contributed by atoms with van der Waals surface area (Å²) in [6, 6.07) is 3.88. The van der Waals surface area contributed by atoms with Crippen LogP contribution in [0.15, 0.2) is 17.2 Å². The molecule has 0 saturated carbocycles. The molecule has 1 aromatic carbocycles. The number of hydrazone groups is 1. The smallest absolute Gasteiger partial charge is 0.344 e. The summed E-state index contributed by atoms with van der Waals surface area (Å²) >= 11 is 0. The first-order valence-electron chi connectivity index (χ1n) is 12.3. The molecule has 8 nitrogen and oxygen atoms in total. The van der Waals surface area contributed by atoms with Gasteiger partial charge in [0, 0.05) is 24.9 Å². The van der Waals surface area contributed by atoms with Gasteiger partial charge in [0.05, 0.1) is 13.2 Å². The zero-order chi connectivity index (χ0) is 26.6. The third-order valence-electron chi connectivity index (χ3n) is 5.45. The average molecular weight is 493 g/mol. The Bertz CT molecular complexity index is 852. The molecular weight excluding hydrogens is 448 g/mol. The van der Waals surface area contributed by atoms with Crippen LogP contribution in [0.1, 0.15) is 85.3 Å². The van der Waals surface area contributed by atoms with Gasteiger partial charge in [0.2, 0.25) is 0 Å². The Morgan fingerprint density at radius 3 is 1.94 bits per heavy atom. The number of nitrogens with one attached hydrogen (secondary N) is 1. The monoisotopic (exact) mass is 492 g/mol. The lowest BCUT2D eigenvalue weighted by Gasteiger charge is -2.34. The van der Waals surface area contributed by atoms with E-state index in [0.717, 1.165) is 24.0 Å². The Balaban J connectivity index is 3.57. The Kier molecular flexibility index (Phi) is 12.1. The van der Waals surface area contributed by atoms with Crippen molar-refractivity contribution in [2.45, 2.75) is 79.6 Å². The van der Waals surface area contributed by atoms with Gasteiger partial charge in [-0.3, -0.25) is 0 Å². The van der Waals surface area contributed by atoms with Gasteiger partial charge in [-0.25, -0.2) is 9.59 Å². The Labute approximate surface area is 210 Å². The van der Waals surface area contributed by atoms with Crippen LogP contribution < -0.4 is 14.9 Å². The van der Waals surface area contributed by atoms with Crippen LogP contribution in [0.4, 0.5) is 0 Å². The largest absolute Gasteiger partial charge is 0.481 e. The molecule has 0 heterocycles. The van der Waals surface area contributed by atoms with Crippen LogP contribution in [-0.2, 0) is 24.5 Å². The lowest BCUT2D eigenvalue weighted by atomic mass is 9.72. The Morgan fingerprint density at radius 1 is 0.943 bits per heavy atom. The van der Waals surface area contributed by atoms with Gasteiger partial charge in [-0.1, -0.05) is 41.5 Å². The predicted octanol–water partition coefficient (Wildman–Crippen LogP) is 4.98. The standard InChI is InChI=1S/C27H44N2O6/c1-10-32-24(30)17-34-22-16-23(35-18-25(31)33-11-2)21(27(6,7)8)15-19(22)20(26(3,4)5)13-12-14-29-28-9/h14-16,20,28H,10-13,17-18H2,1-9H3/b29-14+. The topological polar surface area (TPSA) is 95.5 Å². The van der Waals surface area contributed by atoms with Crippen molar-refractivity contribution in [1.29, 1.82) is 0 Å². The van der Waals surface area contributed by atoms with Crippen LogP contribution >= 0.6 is 0 Å². The summed E-state index contributed by atoms with van der Waals surface area (Å²) < 4.78 is 22.0. The van der Waals surface area contributed by atoms with E-state index in [2.05, 4.69) is 58.1 Å². The van der Waals surface area contributed by atoms with E-state index in [1.807, 2.05) is 6.21 Å². The summed E-state index contributed by atoms with van der Waals surface area (Å²) in [5, 5.41) is 4.12. The summed E-state index contributed by atoms with van der Waals surface area (Å²) in [5.41, 5.74) is 4.34. The molecule has 35 heavy (non-hydrogen) atoms. The number of ether oxygens (including phenoxy) is 4. The molecule has 0 fully saturated rings. The highest BCUT2D eigenvalue weighted by Gasteiger charge is 2.32. The molecule has 198 valence electrons. The van der Waals surface area contributed by atoms with Crippen LogP contribution in [0, 0.1) is 5.41 Å². The Hall–Kier alpha value is -2.77. The molecule has 0 aliphatic heterocycles. The highest BCUT2D eigenvalue weighted by Crippen LogP contribution is 2.46. The molecule has 1 aromatic rings. The lowest BCUT2D eigenvalue weighted by molar-refractivity contribution is -0.146. The number of hydrogen-bond acceptors (Lipinski definition) is 8. The zero-order valence-electron chi connectivity index (χ0n) is 22.9. The highest BCUT2D eigenvalue weighted by molar-refractivity contribution is 5.72. The molecule has 0 aromatic heterocycles. The second kappa shape index (κ2) is 14.0. The summed E-state index contributed by atoms with van der Waals surface area (Å²) in [7, 11) is 1.77. The molecule has 1 N–H and O–H groups in total. The fourth-order valence-electron chi connectivity index (χ4n) is 3.81. The van der Waals surface area contributed by atoms with E-state index in [1.165, 1.54) is 0 Å². The molecule has 1 unspecified atom stereocenters. The molecule has 0 bridgehead atoms. The van der Waals surface area contributed by atoms with E-state index in [0.29, 0.717) is 11.5 Å². The minimum absolute atomic E-state index is 0.0992. The van der Waals surface area contributed by atoms with E-state index >= 15 is 0 Å². The van der Waals surface area contributed by atoms with Gasteiger partial charge in [0.1, 0.15) is 11.5 Å². The van der Waals surface area contributed by atoms with Gasteiger partial charge in [-0.2, -0.15) is 5.10 Å². The number of carbonyl (C=O) groups is 2. The molecule has 0 aliphatic rings. The molecule has 1 rings (SSSR count). The molecule has 0 aliphatic carbocycles. The minimum atomic E-state index is -0.444. The lowest BCUT2D eigenvalue weighted by Crippen LogP contribution is -2.23. The fraction of sp³-hybridized carbons (Fsp3) is 0.667. The molecule has 0 saturated heterocycles. The van der Waals surface area contributed by atoms with E-state index < -0.39 is 11.9 Å². The van der Waals surface area contributed by atoms with Gasteiger partial charge >= 0.3 is 11.9 Å². The maximum absolute atomic E-state index is 12.1. The number of rotatable bonds is 13. The number of esters is 2. The molecular formula is C27H44N2O6. The van der Waals surface area contributed by atoms with Crippen molar-refractivity contribution < 1.29 is 28.5 Å². The summed E-state index contributed by atoms with van der Waals surface area (Å²) in [6.45, 7) is 16.5. The van der Waals surface area contributed by atoms with E-state index in [9.17, 15) is 9.59 Å². The number of nitrogens with zero attached hydrogens (tertiary/aromatic N) is 1. The van der Waals surface area contributed by atoms with Crippen molar-refractivity contribution >= 4 is 18.2 Å². The second-order valence-electron chi connectivity index (χ2n) is 10.4. The first-order chi connectivity index (χ1) is 16.3. The molecule has 0 radical (unpaired) electrons. The van der Waals surface area contributed by atoms with Crippen molar-refractivity contribution in [3.63, 3.8) is 0 Å². The van der Waals surface area contributed by atoms with E-state index in [4.69, 9.17) is 18.9 Å². The van der Waals surface area contributed by atoms with Crippen molar-refractivity contribution in [2.75, 3.05) is 33.5 Å². The number of benzene rings is 1. The van der Waals surface area contributed by atoms with Gasteiger partial charge in [-0.05, 0) is 55.1 Å². The van der Waals surface area contributed by atoms with Gasteiger partial charge < -0.3 is 24.4 Å². The fourth-order valence-corrected chi connectivity index (χ4v) is 3.81. The molecule has 0 spiro atoms. The third kappa shape index (κ3) is 10.2. The van der Waals surface area contributed by atoms with Gasteiger partial charge in [-0.15, -0.1) is 0 Å². The first kappa shape index (κ1) is 30.3. The summed E-state index contributed by atoms with van der Waals surface area (Å²) in [4.78, 5) is 24.0. The molecule has 8 heteroatoms. The van der Waals surface area contributed by atoms with Crippen molar-refractivity contribution in [3.8, 4) is 11.5 Å². The highest BCUT2D eigenvalue weighted by atomic mass is 16.6. The van der Waals surface area contributed by atoms with Crippen LogP contribution in [0.2, 0.25) is 0 Å². The SMILES string of the molecule is CCOC(=O)COc1cc(OCC(=O)OCC)c(C(C)(C)C)cc1C(CC/C=N/NC)C(C)(C)C. The average Bonchev–Trinajstić information content (AvgIpc) is 2.75. The van der Waals surface area contributed by atoms with E-state index in [-0.39, 0.29) is 43.2 Å². The van der Waals surface area contributed by atoms with Crippen LogP contribution in [0.3, 0.4) is 0 Å². The number of hydrogen-bond donors (Lipinski definition) is 1. The molecule has 0 amide bonds. The maximum atomic E-state index is 12.1. The summed E-state index contributed by atoms with van der Waals surface area (Å²) in [6.07, 6.45) is 3.46. The zero-order valence-corrected chi connectivity index (χ0v) is 22.9. The van der Waals surface area contributed by atoms with Gasteiger partial charge in [0.15, 0.2) is 13.2 Å². The normalized spacial score (nSPS) is 12.8. The van der Waals surface area contributed by atoms with Crippen molar-refractivity contribution in [1.82, 2.24) is 5.43 Å². The maximum Gasteiger partial charge on any atom is 0.344 e. The third-order valence-corrected chi connectivity index (χ3v) is 5.45. The van der Waals surface area contributed by atoms with Crippen LogP contribution in [-0.4, -0.2) is 51.6 Å². The van der Waals surface area contributed by atoms with Gasteiger partial charge in [0.25, 0.3) is 0 Å². The van der Waals surface area contributed by atoms with Crippen molar-refractivity contribution in [2.24, 2.45) is 10.5 Å². The second-order valence-corrected chi connectivity index (χ2v) is 10.4. The van der Waals surface area contributed by atoms with Crippen molar-refractivity contribution in [3.05, 3.63) is 23.3 Å². The minimum Gasteiger partial charge on any atom is -0.481 e. The first-order valence-corrected chi connectivity index (χ1v) is 12.3. The quantitative estimate of drug-likeness (QED) is 0.236. The molecule has 1 atom stereocenters. The van der Waals surface area contributed by atoms with E-state index in [1.54, 1.807) is 27.0 Å². The Morgan fingerprint density at radius 2 is 1.49 bits per heavy atom. The number of carbonyl (C=O) groups excluding carboxylic acids is 2. The van der Waals surface area contributed by atoms with Crippen LogP contribution in [0.5, 0.6) is 11.5 Å².